The second-order valence-corrected chi connectivity index (χ2v) is 8.33. The number of aryl methyl sites for hydroxylation is 2. The Kier molecular flexibility index (Phi) is 5.15. The minimum Gasteiger partial charge on any atom is -0.466 e. The van der Waals surface area contributed by atoms with Gasteiger partial charge in [0.15, 0.2) is 6.61 Å². The molecule has 8 heteroatoms. The molecule has 28 heavy (non-hydrogen) atoms. The van der Waals surface area contributed by atoms with E-state index in [-0.39, 0.29) is 18.6 Å². The molecule has 0 bridgehead atoms. The summed E-state index contributed by atoms with van der Waals surface area (Å²) in [6, 6.07) is 9.33. The monoisotopic (exact) mass is 414 g/mol. The molecule has 0 spiro atoms. The van der Waals surface area contributed by atoms with Crippen molar-refractivity contribution in [3.05, 3.63) is 67.9 Å². The van der Waals surface area contributed by atoms with Gasteiger partial charge in [0, 0.05) is 11.3 Å². The summed E-state index contributed by atoms with van der Waals surface area (Å²) in [4.78, 5) is 27.2. The molecule has 3 aromatic rings. The summed E-state index contributed by atoms with van der Waals surface area (Å²) in [5.74, 6) is 0.178. The van der Waals surface area contributed by atoms with Gasteiger partial charge in [0.1, 0.15) is 17.1 Å². The normalized spacial score (nSPS) is 16.3. The van der Waals surface area contributed by atoms with Gasteiger partial charge in [-0.05, 0) is 42.8 Å². The van der Waals surface area contributed by atoms with Crippen LogP contribution in [0.4, 0.5) is 0 Å². The molecule has 0 N–H and O–H groups in total. The van der Waals surface area contributed by atoms with Crippen LogP contribution in [-0.2, 0) is 9.53 Å². The maximum absolute atomic E-state index is 12.8. The van der Waals surface area contributed by atoms with Gasteiger partial charge in [-0.25, -0.2) is 9.80 Å². The summed E-state index contributed by atoms with van der Waals surface area (Å²) in [6.45, 7) is 3.08. The summed E-state index contributed by atoms with van der Waals surface area (Å²) in [5.41, 5.74) is 1.21. The van der Waals surface area contributed by atoms with Gasteiger partial charge in [0.25, 0.3) is 5.91 Å². The Morgan fingerprint density at radius 3 is 2.68 bits per heavy atom. The quantitative estimate of drug-likeness (QED) is 0.574. The Morgan fingerprint density at radius 1 is 1.25 bits per heavy atom. The van der Waals surface area contributed by atoms with Crippen molar-refractivity contribution in [2.75, 3.05) is 6.61 Å². The maximum Gasteiger partial charge on any atom is 0.342 e. The first-order chi connectivity index (χ1) is 13.5. The van der Waals surface area contributed by atoms with E-state index in [0.29, 0.717) is 23.5 Å². The molecule has 1 atom stereocenters. The highest BCUT2D eigenvalue weighted by Gasteiger charge is 2.34. The molecule has 4 heterocycles. The number of thiophene rings is 2. The second kappa shape index (κ2) is 7.73. The number of hydrogen-bond acceptors (Lipinski definition) is 7. The predicted molar refractivity (Wildman–Crippen MR) is 108 cm³/mol. The van der Waals surface area contributed by atoms with Gasteiger partial charge in [-0.3, -0.25) is 4.79 Å². The van der Waals surface area contributed by atoms with Crippen LogP contribution in [0.2, 0.25) is 0 Å². The highest BCUT2D eigenvalue weighted by Crippen LogP contribution is 2.35. The third-order valence-corrected chi connectivity index (χ3v) is 6.32. The zero-order chi connectivity index (χ0) is 19.7. The smallest absolute Gasteiger partial charge is 0.342 e. The van der Waals surface area contributed by atoms with E-state index >= 15 is 0 Å². The number of nitrogens with zero attached hydrogens (tertiary/aromatic N) is 2. The van der Waals surface area contributed by atoms with E-state index in [4.69, 9.17) is 9.15 Å². The maximum atomic E-state index is 12.8. The third kappa shape index (κ3) is 3.65. The predicted octanol–water partition coefficient (Wildman–Crippen LogP) is 4.55. The average Bonchev–Trinajstić information content (AvgIpc) is 3.44. The lowest BCUT2D eigenvalue weighted by molar-refractivity contribution is -0.136. The molecule has 0 unspecified atom stereocenters. The van der Waals surface area contributed by atoms with Crippen LogP contribution in [0.5, 0.6) is 0 Å². The summed E-state index contributed by atoms with van der Waals surface area (Å²) < 4.78 is 10.6. The lowest BCUT2D eigenvalue weighted by atomic mass is 10.1. The fourth-order valence-corrected chi connectivity index (χ4v) is 4.67. The Morgan fingerprint density at radius 2 is 2.04 bits per heavy atom. The number of carbonyl (C=O) groups excluding carboxylic acids is 2. The molecule has 3 aromatic heterocycles. The van der Waals surface area contributed by atoms with Gasteiger partial charge >= 0.3 is 5.97 Å². The van der Waals surface area contributed by atoms with E-state index in [1.807, 2.05) is 35.0 Å². The second-order valence-electron chi connectivity index (χ2n) is 6.40. The summed E-state index contributed by atoms with van der Waals surface area (Å²) in [5, 5.41) is 9.96. The molecular weight excluding hydrogens is 396 g/mol. The van der Waals surface area contributed by atoms with Crippen molar-refractivity contribution in [2.24, 2.45) is 5.10 Å². The van der Waals surface area contributed by atoms with E-state index in [1.165, 1.54) is 5.01 Å². The van der Waals surface area contributed by atoms with Gasteiger partial charge in [0.05, 0.1) is 16.6 Å². The fourth-order valence-electron chi connectivity index (χ4n) is 3.14. The van der Waals surface area contributed by atoms with Crippen molar-refractivity contribution >= 4 is 40.3 Å². The fraction of sp³-hybridized carbons (Fsp3) is 0.250. The van der Waals surface area contributed by atoms with Crippen LogP contribution in [0.15, 0.2) is 50.6 Å². The number of esters is 1. The first-order valence-electron chi connectivity index (χ1n) is 8.74. The van der Waals surface area contributed by atoms with Gasteiger partial charge in [-0.1, -0.05) is 12.1 Å². The van der Waals surface area contributed by atoms with Gasteiger partial charge in [0.2, 0.25) is 0 Å². The lowest BCUT2D eigenvalue weighted by Crippen LogP contribution is -2.31. The Hall–Kier alpha value is -2.71. The highest BCUT2D eigenvalue weighted by molar-refractivity contribution is 7.12. The Labute approximate surface area is 170 Å². The van der Waals surface area contributed by atoms with Crippen molar-refractivity contribution in [1.29, 1.82) is 0 Å². The molecule has 4 rings (SSSR count). The van der Waals surface area contributed by atoms with Crippen molar-refractivity contribution < 1.29 is 18.7 Å². The SMILES string of the molecule is Cc1cc(C(=O)OCC(=O)N2N=C(c3cccs3)C[C@H]2c2cccs2)c(C)o1. The zero-order valence-electron chi connectivity index (χ0n) is 15.4. The van der Waals surface area contributed by atoms with Gasteiger partial charge in [-0.15, -0.1) is 22.7 Å². The lowest BCUT2D eigenvalue weighted by Gasteiger charge is -2.20. The van der Waals surface area contributed by atoms with Crippen LogP contribution in [0, 0.1) is 13.8 Å². The minimum absolute atomic E-state index is 0.179. The number of rotatable bonds is 5. The Balaban J connectivity index is 1.50. The molecule has 0 saturated carbocycles. The molecule has 1 aliphatic heterocycles. The number of hydrogen-bond donors (Lipinski definition) is 0. The molecule has 0 saturated heterocycles. The number of hydrazone groups is 1. The van der Waals surface area contributed by atoms with E-state index in [2.05, 4.69) is 5.10 Å². The number of furan rings is 1. The van der Waals surface area contributed by atoms with E-state index in [1.54, 1.807) is 42.6 Å². The first-order valence-corrected chi connectivity index (χ1v) is 10.5. The summed E-state index contributed by atoms with van der Waals surface area (Å²) >= 11 is 3.17. The number of ether oxygens (including phenoxy) is 1. The highest BCUT2D eigenvalue weighted by atomic mass is 32.1. The zero-order valence-corrected chi connectivity index (χ0v) is 17.0. The van der Waals surface area contributed by atoms with E-state index in [0.717, 1.165) is 15.5 Å². The molecule has 1 amide bonds. The average molecular weight is 415 g/mol. The van der Waals surface area contributed by atoms with Crippen LogP contribution in [0.25, 0.3) is 0 Å². The van der Waals surface area contributed by atoms with Gasteiger partial charge < -0.3 is 9.15 Å². The van der Waals surface area contributed by atoms with Crippen LogP contribution in [0.1, 0.15) is 44.1 Å². The number of carbonyl (C=O) groups is 2. The molecule has 6 nitrogen and oxygen atoms in total. The first kappa shape index (κ1) is 18.6. The van der Waals surface area contributed by atoms with Crippen LogP contribution in [-0.4, -0.2) is 29.2 Å². The number of amides is 1. The largest absolute Gasteiger partial charge is 0.466 e. The molecule has 1 aliphatic rings. The minimum atomic E-state index is -0.572. The van der Waals surface area contributed by atoms with Gasteiger partial charge in [-0.2, -0.15) is 5.10 Å². The molecule has 0 aromatic carbocycles. The molecule has 0 fully saturated rings. The molecule has 0 aliphatic carbocycles. The van der Waals surface area contributed by atoms with Crippen LogP contribution in [0.3, 0.4) is 0 Å². The van der Waals surface area contributed by atoms with Crippen molar-refractivity contribution in [3.63, 3.8) is 0 Å². The molecule has 0 radical (unpaired) electrons. The van der Waals surface area contributed by atoms with Crippen LogP contribution >= 0.6 is 22.7 Å². The summed E-state index contributed by atoms with van der Waals surface area (Å²) in [7, 11) is 0. The van der Waals surface area contributed by atoms with Crippen molar-refractivity contribution in [1.82, 2.24) is 5.01 Å². The Bertz CT molecular complexity index is 1020. The molecular formula is C20H18N2O4S2. The van der Waals surface area contributed by atoms with Crippen LogP contribution < -0.4 is 0 Å². The third-order valence-electron chi connectivity index (χ3n) is 4.43. The van der Waals surface area contributed by atoms with E-state index in [9.17, 15) is 9.59 Å². The van der Waals surface area contributed by atoms with Crippen molar-refractivity contribution in [2.45, 2.75) is 26.3 Å². The van der Waals surface area contributed by atoms with E-state index < -0.39 is 5.97 Å². The van der Waals surface area contributed by atoms with Crippen molar-refractivity contribution in [3.8, 4) is 0 Å². The summed E-state index contributed by atoms with van der Waals surface area (Å²) in [6.07, 6.45) is 0.640. The standard InChI is InChI=1S/C20H18N2O4S2/c1-12-9-14(13(2)26-12)20(24)25-11-19(23)22-16(18-6-4-8-28-18)10-15(21-22)17-5-3-7-27-17/h3-9,16H,10-11H2,1-2H3/t16-/m0/s1. The topological polar surface area (TPSA) is 72.1 Å². The molecule has 144 valence electrons.